The highest BCUT2D eigenvalue weighted by Gasteiger charge is 2.07. The van der Waals surface area contributed by atoms with Crippen LogP contribution in [0.1, 0.15) is 5.56 Å². The van der Waals surface area contributed by atoms with Crippen molar-refractivity contribution in [3.63, 3.8) is 0 Å². The fourth-order valence-electron chi connectivity index (χ4n) is 1.60. The van der Waals surface area contributed by atoms with Crippen molar-refractivity contribution in [1.82, 2.24) is 0 Å². The number of rotatable bonds is 2. The Balaban J connectivity index is 2.13. The second-order valence-electron chi connectivity index (χ2n) is 4.16. The molecule has 0 spiro atoms. The Labute approximate surface area is 119 Å². The summed E-state index contributed by atoms with van der Waals surface area (Å²) in [5, 5.41) is 5.31. The summed E-state index contributed by atoms with van der Waals surface area (Å²) in [4.78, 5) is 0. The zero-order valence-electron chi connectivity index (χ0n) is 10.5. The molecule has 2 rings (SSSR count). The van der Waals surface area contributed by atoms with Crippen molar-refractivity contribution in [2.45, 2.75) is 6.92 Å². The van der Waals surface area contributed by atoms with Crippen LogP contribution in [0.2, 0.25) is 0 Å². The molecule has 0 aliphatic carbocycles. The van der Waals surface area contributed by atoms with Crippen molar-refractivity contribution in [2.24, 2.45) is 0 Å². The van der Waals surface area contributed by atoms with Crippen LogP contribution in [-0.2, 0) is 0 Å². The third-order valence-electron chi connectivity index (χ3n) is 2.62. The van der Waals surface area contributed by atoms with Crippen molar-refractivity contribution >= 4 is 28.7 Å². The number of halogens is 3. The van der Waals surface area contributed by atoms with Gasteiger partial charge in [0.05, 0.1) is 5.69 Å². The molecule has 0 bridgehead atoms. The molecule has 0 fully saturated rings. The highest BCUT2D eigenvalue weighted by molar-refractivity contribution is 7.80. The third kappa shape index (κ3) is 3.48. The lowest BCUT2D eigenvalue weighted by molar-refractivity contribution is 0.604. The lowest BCUT2D eigenvalue weighted by atomic mass is 10.2. The summed E-state index contributed by atoms with van der Waals surface area (Å²) >= 11 is 4.99. The molecule has 0 atom stereocenters. The first-order valence-corrected chi connectivity index (χ1v) is 6.16. The summed E-state index contributed by atoms with van der Waals surface area (Å²) in [5.74, 6) is -1.64. The Kier molecular flexibility index (Phi) is 4.24. The molecule has 0 aliphatic heterocycles. The van der Waals surface area contributed by atoms with Gasteiger partial charge in [-0.25, -0.2) is 13.2 Å². The standard InChI is InChI=1S/C14H11F3N2S/c1-8-2-3-9(15)6-12(8)18-14(20)19-13-7-10(16)4-5-11(13)17/h2-7H,1H3,(H2,18,19,20). The number of anilines is 2. The van der Waals surface area contributed by atoms with Gasteiger partial charge in [0.25, 0.3) is 0 Å². The van der Waals surface area contributed by atoms with Gasteiger partial charge in [0, 0.05) is 11.8 Å². The monoisotopic (exact) mass is 296 g/mol. The number of thiocarbonyl (C=S) groups is 1. The van der Waals surface area contributed by atoms with Gasteiger partial charge in [0.2, 0.25) is 0 Å². The van der Waals surface area contributed by atoms with E-state index in [0.717, 1.165) is 23.8 Å². The predicted octanol–water partition coefficient (Wildman–Crippen LogP) is 4.22. The average Bonchev–Trinajstić information content (AvgIpc) is 2.38. The number of hydrogen-bond donors (Lipinski definition) is 2. The minimum absolute atomic E-state index is 0.0446. The molecule has 2 nitrogen and oxygen atoms in total. The van der Waals surface area contributed by atoms with Crippen molar-refractivity contribution in [3.05, 3.63) is 59.4 Å². The molecule has 20 heavy (non-hydrogen) atoms. The quantitative estimate of drug-likeness (QED) is 0.811. The Morgan fingerprint density at radius 2 is 1.45 bits per heavy atom. The molecular formula is C14H11F3N2S. The maximum Gasteiger partial charge on any atom is 0.175 e. The van der Waals surface area contributed by atoms with Gasteiger partial charge in [0.1, 0.15) is 17.5 Å². The van der Waals surface area contributed by atoms with Crippen LogP contribution >= 0.6 is 12.2 Å². The Morgan fingerprint density at radius 3 is 2.15 bits per heavy atom. The van der Waals surface area contributed by atoms with Gasteiger partial charge in [-0.2, -0.15) is 0 Å². The summed E-state index contributed by atoms with van der Waals surface area (Å²) in [6, 6.07) is 7.17. The largest absolute Gasteiger partial charge is 0.332 e. The molecule has 0 saturated carbocycles. The van der Waals surface area contributed by atoms with E-state index in [1.807, 2.05) is 0 Å². The van der Waals surface area contributed by atoms with Crippen LogP contribution in [0.15, 0.2) is 36.4 Å². The van der Waals surface area contributed by atoms with Crippen LogP contribution in [-0.4, -0.2) is 5.11 Å². The highest BCUT2D eigenvalue weighted by atomic mass is 32.1. The second-order valence-corrected chi connectivity index (χ2v) is 4.57. The van der Waals surface area contributed by atoms with Gasteiger partial charge < -0.3 is 10.6 Å². The molecule has 0 aliphatic rings. The molecule has 6 heteroatoms. The van der Waals surface area contributed by atoms with Crippen LogP contribution in [0, 0.1) is 24.4 Å². The molecule has 2 aromatic rings. The summed E-state index contributed by atoms with van der Waals surface area (Å²) in [5.41, 5.74) is 1.14. The van der Waals surface area contributed by atoms with E-state index >= 15 is 0 Å². The van der Waals surface area contributed by atoms with E-state index in [1.165, 1.54) is 12.1 Å². The zero-order valence-corrected chi connectivity index (χ0v) is 11.3. The van der Waals surface area contributed by atoms with Crippen molar-refractivity contribution in [2.75, 3.05) is 10.6 Å². The minimum atomic E-state index is -0.633. The molecule has 0 saturated heterocycles. The summed E-state index contributed by atoms with van der Waals surface area (Å²) in [6.07, 6.45) is 0. The first kappa shape index (κ1) is 14.3. The van der Waals surface area contributed by atoms with Crippen LogP contribution in [0.5, 0.6) is 0 Å². The second kappa shape index (κ2) is 5.92. The maximum absolute atomic E-state index is 13.4. The van der Waals surface area contributed by atoms with Gasteiger partial charge in [-0.15, -0.1) is 0 Å². The van der Waals surface area contributed by atoms with Crippen LogP contribution in [0.25, 0.3) is 0 Å². The fourth-order valence-corrected chi connectivity index (χ4v) is 1.82. The third-order valence-corrected chi connectivity index (χ3v) is 2.83. The van der Waals surface area contributed by atoms with E-state index in [9.17, 15) is 13.2 Å². The molecule has 0 aromatic heterocycles. The first-order chi connectivity index (χ1) is 9.45. The van der Waals surface area contributed by atoms with Gasteiger partial charge in [-0.05, 0) is 49.0 Å². The van der Waals surface area contributed by atoms with Gasteiger partial charge in [0.15, 0.2) is 5.11 Å². The first-order valence-electron chi connectivity index (χ1n) is 5.75. The topological polar surface area (TPSA) is 24.1 Å². The minimum Gasteiger partial charge on any atom is -0.332 e. The fraction of sp³-hybridized carbons (Fsp3) is 0.0714. The molecule has 0 amide bonds. The Bertz CT molecular complexity index is 603. The smallest absolute Gasteiger partial charge is 0.175 e. The van der Waals surface area contributed by atoms with E-state index in [-0.39, 0.29) is 10.8 Å². The Morgan fingerprint density at radius 1 is 0.900 bits per heavy atom. The summed E-state index contributed by atoms with van der Waals surface area (Å²) in [7, 11) is 0. The molecule has 0 unspecified atom stereocenters. The van der Waals surface area contributed by atoms with E-state index in [4.69, 9.17) is 12.2 Å². The van der Waals surface area contributed by atoms with E-state index in [2.05, 4.69) is 10.6 Å². The van der Waals surface area contributed by atoms with Crippen molar-refractivity contribution in [3.8, 4) is 0 Å². The number of nitrogens with one attached hydrogen (secondary N) is 2. The van der Waals surface area contributed by atoms with Crippen LogP contribution in [0.3, 0.4) is 0 Å². The van der Waals surface area contributed by atoms with E-state index in [1.54, 1.807) is 13.0 Å². The van der Waals surface area contributed by atoms with Gasteiger partial charge in [-0.1, -0.05) is 6.07 Å². The normalized spacial score (nSPS) is 10.2. The molecule has 0 heterocycles. The number of benzene rings is 2. The number of aryl methyl sites for hydroxylation is 1. The summed E-state index contributed by atoms with van der Waals surface area (Å²) in [6.45, 7) is 1.77. The SMILES string of the molecule is Cc1ccc(F)cc1NC(=S)Nc1cc(F)ccc1F. The molecule has 2 N–H and O–H groups in total. The number of hydrogen-bond acceptors (Lipinski definition) is 1. The lowest BCUT2D eigenvalue weighted by Gasteiger charge is -2.13. The molecule has 104 valence electrons. The molecule has 0 radical (unpaired) electrons. The average molecular weight is 296 g/mol. The predicted molar refractivity (Wildman–Crippen MR) is 77.3 cm³/mol. The highest BCUT2D eigenvalue weighted by Crippen LogP contribution is 2.18. The van der Waals surface area contributed by atoms with Crippen molar-refractivity contribution < 1.29 is 13.2 Å². The Hall–Kier alpha value is -2.08. The summed E-state index contributed by atoms with van der Waals surface area (Å²) < 4.78 is 39.6. The molecule has 2 aromatic carbocycles. The maximum atomic E-state index is 13.4. The lowest BCUT2D eigenvalue weighted by Crippen LogP contribution is -2.20. The molecular weight excluding hydrogens is 285 g/mol. The van der Waals surface area contributed by atoms with Crippen LogP contribution in [0.4, 0.5) is 24.5 Å². The zero-order chi connectivity index (χ0) is 14.7. The van der Waals surface area contributed by atoms with Gasteiger partial charge >= 0.3 is 0 Å². The van der Waals surface area contributed by atoms with Crippen LogP contribution < -0.4 is 10.6 Å². The van der Waals surface area contributed by atoms with E-state index < -0.39 is 17.5 Å². The van der Waals surface area contributed by atoms with Gasteiger partial charge in [-0.3, -0.25) is 0 Å². The van der Waals surface area contributed by atoms with E-state index in [0.29, 0.717) is 5.69 Å². The van der Waals surface area contributed by atoms with Crippen molar-refractivity contribution in [1.29, 1.82) is 0 Å².